The number of aromatic nitrogens is 2. The molecule has 1 saturated heterocycles. The lowest BCUT2D eigenvalue weighted by Gasteiger charge is -2.18. The van der Waals surface area contributed by atoms with Gasteiger partial charge in [-0.3, -0.25) is 4.79 Å². The molecule has 1 aliphatic rings. The third-order valence-corrected chi connectivity index (χ3v) is 4.27. The Hall–Kier alpha value is -2.25. The van der Waals surface area contributed by atoms with E-state index in [4.69, 9.17) is 10.3 Å². The van der Waals surface area contributed by atoms with Crippen molar-refractivity contribution in [1.82, 2.24) is 19.9 Å². The first-order valence-corrected chi connectivity index (χ1v) is 8.12. The lowest BCUT2D eigenvalue weighted by Crippen LogP contribution is -2.32. The zero-order chi connectivity index (χ0) is 17.1. The van der Waals surface area contributed by atoms with Gasteiger partial charge in [-0.25, -0.2) is 0 Å². The maximum atomic E-state index is 12.1. The van der Waals surface area contributed by atoms with Crippen LogP contribution >= 0.6 is 0 Å². The number of likely N-dealkylation sites (tertiary alicyclic amines) is 1. The number of nitrogens with two attached hydrogens (primary N) is 1. The molecule has 3 rings (SSSR count). The Labute approximate surface area is 141 Å². The topological polar surface area (TPSA) is 88.5 Å². The molecule has 1 fully saturated rings. The van der Waals surface area contributed by atoms with E-state index in [9.17, 15) is 4.79 Å². The van der Waals surface area contributed by atoms with Crippen molar-refractivity contribution in [2.75, 3.05) is 33.7 Å². The number of amides is 1. The van der Waals surface area contributed by atoms with E-state index in [1.54, 1.807) is 0 Å². The van der Waals surface area contributed by atoms with Crippen molar-refractivity contribution < 1.29 is 9.32 Å². The van der Waals surface area contributed by atoms with Crippen molar-refractivity contribution >= 4 is 5.91 Å². The first kappa shape index (κ1) is 16.6. The first-order chi connectivity index (χ1) is 11.6. The Morgan fingerprint density at radius 2 is 2.08 bits per heavy atom. The molecule has 1 aromatic heterocycles. The summed E-state index contributed by atoms with van der Waals surface area (Å²) in [5.41, 5.74) is 7.55. The van der Waals surface area contributed by atoms with E-state index in [2.05, 4.69) is 15.0 Å². The van der Waals surface area contributed by atoms with Crippen LogP contribution in [-0.2, 0) is 11.3 Å². The zero-order valence-corrected chi connectivity index (χ0v) is 14.1. The van der Waals surface area contributed by atoms with Crippen molar-refractivity contribution in [2.24, 2.45) is 5.73 Å². The van der Waals surface area contributed by atoms with Crippen LogP contribution in [0.25, 0.3) is 11.4 Å². The summed E-state index contributed by atoms with van der Waals surface area (Å²) in [5, 5.41) is 4.06. The fourth-order valence-electron chi connectivity index (χ4n) is 2.78. The van der Waals surface area contributed by atoms with Crippen molar-refractivity contribution in [3.8, 4) is 11.4 Å². The predicted octanol–water partition coefficient (Wildman–Crippen LogP) is 1.07. The van der Waals surface area contributed by atoms with Crippen LogP contribution < -0.4 is 5.73 Å². The van der Waals surface area contributed by atoms with Gasteiger partial charge >= 0.3 is 0 Å². The fourth-order valence-corrected chi connectivity index (χ4v) is 2.78. The van der Waals surface area contributed by atoms with E-state index in [-0.39, 0.29) is 11.8 Å². The molecule has 0 saturated carbocycles. The average Bonchev–Trinajstić information content (AvgIpc) is 3.20. The molecule has 24 heavy (non-hydrogen) atoms. The van der Waals surface area contributed by atoms with Gasteiger partial charge in [-0.1, -0.05) is 29.4 Å². The molecule has 1 atom stereocenters. The predicted molar refractivity (Wildman–Crippen MR) is 90.1 cm³/mol. The van der Waals surface area contributed by atoms with Gasteiger partial charge in [-0.2, -0.15) is 4.98 Å². The standard InChI is InChI=1S/C17H23N5O2/c1-21(2)7-8-22-11-14(9-15(22)23)17-19-16(20-24-17)13-5-3-12(10-18)4-6-13/h3-6,14H,7-11,18H2,1-2H3. The molecule has 0 spiro atoms. The third kappa shape index (κ3) is 3.63. The lowest BCUT2D eigenvalue weighted by molar-refractivity contribution is -0.127. The number of hydrogen-bond acceptors (Lipinski definition) is 6. The molecule has 1 aromatic carbocycles. The van der Waals surface area contributed by atoms with Crippen LogP contribution in [0.2, 0.25) is 0 Å². The van der Waals surface area contributed by atoms with Gasteiger partial charge < -0.3 is 20.1 Å². The second kappa shape index (κ2) is 7.11. The van der Waals surface area contributed by atoms with E-state index in [0.29, 0.717) is 31.2 Å². The molecule has 7 nitrogen and oxygen atoms in total. The molecule has 7 heteroatoms. The van der Waals surface area contributed by atoms with Gasteiger partial charge in [0.05, 0.1) is 5.92 Å². The quantitative estimate of drug-likeness (QED) is 0.853. The van der Waals surface area contributed by atoms with E-state index in [1.165, 1.54) is 0 Å². The molecule has 0 radical (unpaired) electrons. The van der Waals surface area contributed by atoms with Crippen LogP contribution in [-0.4, -0.2) is 59.6 Å². The van der Waals surface area contributed by atoms with Gasteiger partial charge in [0.25, 0.3) is 0 Å². The Bertz CT molecular complexity index is 695. The molecule has 1 aliphatic heterocycles. The van der Waals surface area contributed by atoms with E-state index in [1.807, 2.05) is 43.3 Å². The summed E-state index contributed by atoms with van der Waals surface area (Å²) in [6.45, 7) is 2.72. The smallest absolute Gasteiger partial charge is 0.232 e. The highest BCUT2D eigenvalue weighted by Crippen LogP contribution is 2.28. The summed E-state index contributed by atoms with van der Waals surface area (Å²) in [7, 11) is 4.00. The number of likely N-dealkylation sites (N-methyl/N-ethyl adjacent to an activating group) is 1. The highest BCUT2D eigenvalue weighted by atomic mass is 16.5. The fraction of sp³-hybridized carbons (Fsp3) is 0.471. The molecule has 0 bridgehead atoms. The van der Waals surface area contributed by atoms with Gasteiger partial charge in [0.2, 0.25) is 17.6 Å². The SMILES string of the molecule is CN(C)CCN1CC(c2nc(-c3ccc(CN)cc3)no2)CC1=O. The molecule has 1 amide bonds. The minimum Gasteiger partial charge on any atom is -0.341 e. The van der Waals surface area contributed by atoms with Crippen LogP contribution in [0.1, 0.15) is 23.8 Å². The molecule has 2 heterocycles. The van der Waals surface area contributed by atoms with E-state index < -0.39 is 0 Å². The van der Waals surface area contributed by atoms with Crippen LogP contribution in [0.3, 0.4) is 0 Å². The highest BCUT2D eigenvalue weighted by molar-refractivity contribution is 5.79. The highest BCUT2D eigenvalue weighted by Gasteiger charge is 2.34. The summed E-state index contributed by atoms with van der Waals surface area (Å²) >= 11 is 0. The lowest BCUT2D eigenvalue weighted by atomic mass is 10.1. The van der Waals surface area contributed by atoms with Gasteiger partial charge in [-0.05, 0) is 19.7 Å². The van der Waals surface area contributed by atoms with E-state index in [0.717, 1.165) is 24.2 Å². The number of benzene rings is 1. The normalized spacial score (nSPS) is 17.9. The van der Waals surface area contributed by atoms with Gasteiger partial charge in [0.15, 0.2) is 0 Å². The van der Waals surface area contributed by atoms with Gasteiger partial charge in [-0.15, -0.1) is 0 Å². The number of carbonyl (C=O) groups excluding carboxylic acids is 1. The first-order valence-electron chi connectivity index (χ1n) is 8.12. The monoisotopic (exact) mass is 329 g/mol. The minimum atomic E-state index is -0.0239. The van der Waals surface area contributed by atoms with Crippen LogP contribution in [0.5, 0.6) is 0 Å². The number of hydrogen-bond donors (Lipinski definition) is 1. The molecule has 2 N–H and O–H groups in total. The second-order valence-corrected chi connectivity index (χ2v) is 6.40. The number of carbonyl (C=O) groups is 1. The zero-order valence-electron chi connectivity index (χ0n) is 14.1. The van der Waals surface area contributed by atoms with E-state index >= 15 is 0 Å². The maximum Gasteiger partial charge on any atom is 0.232 e. The van der Waals surface area contributed by atoms with Gasteiger partial charge in [0, 0.05) is 38.2 Å². The summed E-state index contributed by atoms with van der Waals surface area (Å²) < 4.78 is 5.41. The van der Waals surface area contributed by atoms with Crippen molar-refractivity contribution in [1.29, 1.82) is 0 Å². The summed E-state index contributed by atoms with van der Waals surface area (Å²) in [6, 6.07) is 7.76. The minimum absolute atomic E-state index is 0.0239. The Kier molecular flexibility index (Phi) is 4.92. The molecular formula is C17H23N5O2. The van der Waals surface area contributed by atoms with Crippen LogP contribution in [0.15, 0.2) is 28.8 Å². The number of rotatable bonds is 6. The molecule has 1 unspecified atom stereocenters. The second-order valence-electron chi connectivity index (χ2n) is 6.40. The molecule has 0 aliphatic carbocycles. The van der Waals surface area contributed by atoms with Gasteiger partial charge in [0.1, 0.15) is 0 Å². The Morgan fingerprint density at radius 3 is 2.75 bits per heavy atom. The van der Waals surface area contributed by atoms with Crippen LogP contribution in [0, 0.1) is 0 Å². The van der Waals surface area contributed by atoms with Crippen molar-refractivity contribution in [3.63, 3.8) is 0 Å². The molecular weight excluding hydrogens is 306 g/mol. The third-order valence-electron chi connectivity index (χ3n) is 4.27. The van der Waals surface area contributed by atoms with Crippen molar-refractivity contribution in [2.45, 2.75) is 18.9 Å². The Balaban J connectivity index is 1.68. The largest absolute Gasteiger partial charge is 0.341 e. The molecule has 128 valence electrons. The summed E-state index contributed by atoms with van der Waals surface area (Å²) in [6.07, 6.45) is 0.432. The summed E-state index contributed by atoms with van der Waals surface area (Å²) in [5.74, 6) is 1.21. The Morgan fingerprint density at radius 1 is 1.33 bits per heavy atom. The summed E-state index contributed by atoms with van der Waals surface area (Å²) in [4.78, 5) is 20.5. The molecule has 2 aromatic rings. The average molecular weight is 329 g/mol. The van der Waals surface area contributed by atoms with Crippen molar-refractivity contribution in [3.05, 3.63) is 35.7 Å². The maximum absolute atomic E-state index is 12.1. The number of nitrogens with zero attached hydrogens (tertiary/aromatic N) is 4. The van der Waals surface area contributed by atoms with Crippen LogP contribution in [0.4, 0.5) is 0 Å².